The minimum Gasteiger partial charge on any atom is -0.495 e. The van der Waals surface area contributed by atoms with Gasteiger partial charge >= 0.3 is 0 Å². The third-order valence-electron chi connectivity index (χ3n) is 0.526. The van der Waals surface area contributed by atoms with Gasteiger partial charge in [0.1, 0.15) is 0 Å². The van der Waals surface area contributed by atoms with Crippen molar-refractivity contribution >= 4 is 0 Å². The molecule has 0 bridgehead atoms. The maximum absolute atomic E-state index is 3.02. The molecule has 0 saturated carbocycles. The molecule has 1 nitrogen and oxygen atoms in total. The Balaban J connectivity index is 0. The van der Waals surface area contributed by atoms with Crippen LogP contribution in [0.25, 0.3) is 0 Å². The summed E-state index contributed by atoms with van der Waals surface area (Å²) in [6.45, 7) is 6.91. The van der Waals surface area contributed by atoms with Crippen molar-refractivity contribution in [2.45, 2.75) is 13.8 Å². The fourth-order valence-electron chi connectivity index (χ4n) is 0.236. The van der Waals surface area contributed by atoms with Gasteiger partial charge in [0.2, 0.25) is 0 Å². The summed E-state index contributed by atoms with van der Waals surface area (Å²) in [6.07, 6.45) is 2.07. The summed E-state index contributed by atoms with van der Waals surface area (Å²) in [5.74, 6) is 0. The second-order valence-corrected chi connectivity index (χ2v) is 1.11. The molecule has 0 rings (SSSR count). The van der Waals surface area contributed by atoms with Crippen molar-refractivity contribution in [1.29, 1.82) is 0 Å². The van der Waals surface area contributed by atoms with Crippen LogP contribution >= 0.6 is 0 Å². The second-order valence-electron chi connectivity index (χ2n) is 1.11. The Hall–Kier alpha value is 1.06. The van der Waals surface area contributed by atoms with Gasteiger partial charge in [-0.3, -0.25) is 6.54 Å². The van der Waals surface area contributed by atoms with Crippen molar-refractivity contribution in [2.24, 2.45) is 0 Å². The molecule has 41 valence electrons. The SMILES string of the molecule is C[CH-]CN[CH-]C.[Y]. The molecule has 1 N–H and O–H groups in total. The Labute approximate surface area is 71.1 Å². The Kier molecular flexibility index (Phi) is 15.8. The fourth-order valence-corrected chi connectivity index (χ4v) is 0.236. The topological polar surface area (TPSA) is 12.0 Å². The third kappa shape index (κ3) is 11.0. The number of rotatable bonds is 3. The molecule has 0 spiro atoms. The molecule has 7 heavy (non-hydrogen) atoms. The van der Waals surface area contributed by atoms with Crippen molar-refractivity contribution < 1.29 is 32.7 Å². The summed E-state index contributed by atoms with van der Waals surface area (Å²) in [5, 5.41) is 3.02. The van der Waals surface area contributed by atoms with Gasteiger partial charge in [0.15, 0.2) is 0 Å². The van der Waals surface area contributed by atoms with Gasteiger partial charge in [0, 0.05) is 32.7 Å². The van der Waals surface area contributed by atoms with Crippen LogP contribution in [0.15, 0.2) is 0 Å². The number of hydrogen-bond acceptors (Lipinski definition) is 1. The molecule has 2 heteroatoms. The molecular formula is C5H11NY-2. The van der Waals surface area contributed by atoms with E-state index in [1.807, 2.05) is 20.4 Å². The van der Waals surface area contributed by atoms with Crippen LogP contribution in [0.2, 0.25) is 0 Å². The van der Waals surface area contributed by atoms with Crippen molar-refractivity contribution in [3.63, 3.8) is 0 Å². The van der Waals surface area contributed by atoms with Gasteiger partial charge in [0.25, 0.3) is 0 Å². The van der Waals surface area contributed by atoms with Crippen molar-refractivity contribution in [3.05, 3.63) is 13.0 Å². The van der Waals surface area contributed by atoms with Crippen LogP contribution in [-0.2, 0) is 32.7 Å². The molecule has 0 heterocycles. The van der Waals surface area contributed by atoms with E-state index in [-0.39, 0.29) is 32.7 Å². The summed E-state index contributed by atoms with van der Waals surface area (Å²) in [4.78, 5) is 0. The Bertz CT molecular complexity index is 20.0. The molecule has 0 aliphatic heterocycles. The van der Waals surface area contributed by atoms with E-state index in [0.717, 1.165) is 6.54 Å². The summed E-state index contributed by atoms with van der Waals surface area (Å²) in [7, 11) is 0. The van der Waals surface area contributed by atoms with Gasteiger partial charge in [-0.25, -0.2) is 0 Å². The zero-order valence-corrected chi connectivity index (χ0v) is 7.78. The van der Waals surface area contributed by atoms with E-state index < -0.39 is 0 Å². The molecular weight excluding hydrogens is 163 g/mol. The fraction of sp³-hybridized carbons (Fsp3) is 0.600. The van der Waals surface area contributed by atoms with E-state index in [1.165, 1.54) is 0 Å². The minimum atomic E-state index is 0. The molecule has 0 amide bonds. The summed E-state index contributed by atoms with van der Waals surface area (Å²) < 4.78 is 0. The van der Waals surface area contributed by atoms with Crippen molar-refractivity contribution in [3.8, 4) is 0 Å². The Morgan fingerprint density at radius 3 is 2.14 bits per heavy atom. The average molecular weight is 174 g/mol. The standard InChI is InChI=1S/C5H11N.Y/c1-3-5-6-4-2;/h3-4,6H,5H2,1-2H3;/q-2;. The van der Waals surface area contributed by atoms with Crippen LogP contribution in [-0.4, -0.2) is 6.54 Å². The van der Waals surface area contributed by atoms with E-state index in [2.05, 4.69) is 11.7 Å². The third-order valence-corrected chi connectivity index (χ3v) is 0.526. The van der Waals surface area contributed by atoms with E-state index in [1.54, 1.807) is 0 Å². The first-order valence-corrected chi connectivity index (χ1v) is 2.21. The van der Waals surface area contributed by atoms with Crippen LogP contribution in [0.3, 0.4) is 0 Å². The van der Waals surface area contributed by atoms with Gasteiger partial charge in [-0.1, -0.05) is 0 Å². The van der Waals surface area contributed by atoms with Crippen LogP contribution in [0, 0.1) is 13.0 Å². The van der Waals surface area contributed by atoms with Crippen molar-refractivity contribution in [1.82, 2.24) is 5.32 Å². The molecule has 0 aromatic heterocycles. The van der Waals surface area contributed by atoms with Crippen molar-refractivity contribution in [2.75, 3.05) is 6.54 Å². The predicted molar refractivity (Wildman–Crippen MR) is 28.0 cm³/mol. The largest absolute Gasteiger partial charge is 0.495 e. The minimum absolute atomic E-state index is 0. The maximum Gasteiger partial charge on any atom is 0 e. The van der Waals surface area contributed by atoms with Gasteiger partial charge in [0.05, 0.1) is 0 Å². The second kappa shape index (κ2) is 10.1. The van der Waals surface area contributed by atoms with Gasteiger partial charge in [-0.05, 0) is 0 Å². The Morgan fingerprint density at radius 1 is 1.43 bits per heavy atom. The van der Waals surface area contributed by atoms with E-state index in [9.17, 15) is 0 Å². The Morgan fingerprint density at radius 2 is 2.00 bits per heavy atom. The van der Waals surface area contributed by atoms with E-state index >= 15 is 0 Å². The first-order chi connectivity index (χ1) is 2.91. The molecule has 0 atom stereocenters. The van der Waals surface area contributed by atoms with Gasteiger partial charge < -0.3 is 11.7 Å². The molecule has 0 aliphatic carbocycles. The summed E-state index contributed by atoms with van der Waals surface area (Å²) >= 11 is 0. The summed E-state index contributed by atoms with van der Waals surface area (Å²) in [5.41, 5.74) is 0. The van der Waals surface area contributed by atoms with Crippen LogP contribution in [0.4, 0.5) is 0 Å². The number of hydrogen-bond donors (Lipinski definition) is 1. The first-order valence-electron chi connectivity index (χ1n) is 2.21. The monoisotopic (exact) mass is 174 g/mol. The predicted octanol–water partition coefficient (Wildman–Crippen LogP) is 0.979. The molecule has 0 unspecified atom stereocenters. The van der Waals surface area contributed by atoms with Gasteiger partial charge in [-0.2, -0.15) is 20.4 Å². The normalized spacial score (nSPS) is 7.71. The molecule has 0 aromatic carbocycles. The smallest absolute Gasteiger partial charge is 0 e. The van der Waals surface area contributed by atoms with Crippen LogP contribution in [0.5, 0.6) is 0 Å². The molecule has 0 fully saturated rings. The zero-order valence-electron chi connectivity index (χ0n) is 4.94. The molecule has 0 aliphatic rings. The molecule has 0 saturated heterocycles. The number of nitrogens with one attached hydrogen (secondary N) is 1. The van der Waals surface area contributed by atoms with Gasteiger partial charge in [-0.15, -0.1) is 0 Å². The first kappa shape index (κ1) is 10.9. The molecule has 0 aromatic rings. The zero-order chi connectivity index (χ0) is 4.83. The molecule has 1 radical (unpaired) electrons. The average Bonchev–Trinajstić information content (AvgIpc) is 1.61. The quantitative estimate of drug-likeness (QED) is 0.496. The summed E-state index contributed by atoms with van der Waals surface area (Å²) in [6, 6.07) is 0. The maximum atomic E-state index is 3.02. The van der Waals surface area contributed by atoms with Crippen LogP contribution in [0.1, 0.15) is 13.8 Å². The van der Waals surface area contributed by atoms with Crippen LogP contribution < -0.4 is 5.32 Å². The van der Waals surface area contributed by atoms with E-state index in [4.69, 9.17) is 0 Å². The van der Waals surface area contributed by atoms with E-state index in [0.29, 0.717) is 0 Å².